The smallest absolute Gasteiger partial charge is 0.203 e. The second kappa shape index (κ2) is 7.03. The molecule has 4 heterocycles. The molecule has 0 radical (unpaired) electrons. The fourth-order valence-electron chi connectivity index (χ4n) is 3.71. The van der Waals surface area contributed by atoms with Crippen LogP contribution in [-0.4, -0.2) is 72.4 Å². The van der Waals surface area contributed by atoms with Gasteiger partial charge >= 0.3 is 0 Å². The first-order chi connectivity index (χ1) is 13.4. The Kier molecular flexibility index (Phi) is 4.25. The molecule has 1 aromatic carbocycles. The van der Waals surface area contributed by atoms with Crippen molar-refractivity contribution in [3.63, 3.8) is 0 Å². The molecule has 2 aliphatic heterocycles. The van der Waals surface area contributed by atoms with Gasteiger partial charge in [0.25, 0.3) is 0 Å². The molecule has 2 aliphatic rings. The summed E-state index contributed by atoms with van der Waals surface area (Å²) in [5, 5.41) is 0. The Morgan fingerprint density at radius 2 is 1.48 bits per heavy atom. The molecule has 0 bridgehead atoms. The van der Waals surface area contributed by atoms with Crippen LogP contribution in [-0.2, 0) is 4.74 Å². The van der Waals surface area contributed by atoms with Crippen LogP contribution in [0.25, 0.3) is 11.0 Å². The van der Waals surface area contributed by atoms with Gasteiger partial charge in [0.2, 0.25) is 5.95 Å². The van der Waals surface area contributed by atoms with E-state index in [-0.39, 0.29) is 0 Å². The third-order valence-electron chi connectivity index (χ3n) is 5.25. The van der Waals surface area contributed by atoms with E-state index >= 15 is 0 Å². The number of fused-ring (bicyclic) bond motifs is 1. The number of anilines is 3. The zero-order valence-corrected chi connectivity index (χ0v) is 15.2. The van der Waals surface area contributed by atoms with Gasteiger partial charge in [0, 0.05) is 45.3 Å². The van der Waals surface area contributed by atoms with Crippen molar-refractivity contribution < 1.29 is 4.74 Å². The number of hydrogen-bond donors (Lipinski definition) is 1. The average Bonchev–Trinajstić information content (AvgIpc) is 3.19. The van der Waals surface area contributed by atoms with Gasteiger partial charge < -0.3 is 24.4 Å². The van der Waals surface area contributed by atoms with E-state index in [0.717, 1.165) is 81.1 Å². The molecule has 140 valence electrons. The zero-order valence-electron chi connectivity index (χ0n) is 15.2. The maximum atomic E-state index is 5.43. The maximum Gasteiger partial charge on any atom is 0.203 e. The summed E-state index contributed by atoms with van der Waals surface area (Å²) >= 11 is 0. The molecule has 0 unspecified atom stereocenters. The summed E-state index contributed by atoms with van der Waals surface area (Å²) < 4.78 is 5.43. The highest BCUT2D eigenvalue weighted by Crippen LogP contribution is 2.22. The Morgan fingerprint density at radius 1 is 0.815 bits per heavy atom. The van der Waals surface area contributed by atoms with Gasteiger partial charge in [-0.3, -0.25) is 0 Å². The summed E-state index contributed by atoms with van der Waals surface area (Å²) in [6.45, 7) is 6.94. The largest absolute Gasteiger partial charge is 0.378 e. The third kappa shape index (κ3) is 3.28. The van der Waals surface area contributed by atoms with Gasteiger partial charge in [0.15, 0.2) is 0 Å². The minimum Gasteiger partial charge on any atom is -0.378 e. The molecule has 0 aliphatic carbocycles. The van der Waals surface area contributed by atoms with E-state index in [9.17, 15) is 0 Å². The minimum absolute atomic E-state index is 0.759. The van der Waals surface area contributed by atoms with E-state index < -0.39 is 0 Å². The summed E-state index contributed by atoms with van der Waals surface area (Å²) in [5.41, 5.74) is 2.10. The van der Waals surface area contributed by atoms with Gasteiger partial charge in [-0.2, -0.15) is 0 Å². The van der Waals surface area contributed by atoms with Crippen LogP contribution in [0.15, 0.2) is 36.7 Å². The van der Waals surface area contributed by atoms with Gasteiger partial charge in [-0.05, 0) is 12.1 Å². The zero-order chi connectivity index (χ0) is 18.1. The molecule has 5 rings (SSSR count). The fourth-order valence-corrected chi connectivity index (χ4v) is 3.71. The maximum absolute atomic E-state index is 5.43. The molecule has 0 spiro atoms. The first-order valence-corrected chi connectivity index (χ1v) is 9.46. The first-order valence-electron chi connectivity index (χ1n) is 9.46. The van der Waals surface area contributed by atoms with Crippen molar-refractivity contribution in [1.82, 2.24) is 19.9 Å². The molecule has 1 N–H and O–H groups in total. The predicted molar refractivity (Wildman–Crippen MR) is 106 cm³/mol. The number of rotatable bonds is 3. The van der Waals surface area contributed by atoms with Crippen molar-refractivity contribution in [3.05, 3.63) is 36.7 Å². The number of morpholine rings is 1. The highest BCUT2D eigenvalue weighted by atomic mass is 16.5. The van der Waals surface area contributed by atoms with E-state index in [1.54, 1.807) is 6.33 Å². The van der Waals surface area contributed by atoms with Crippen LogP contribution in [0.3, 0.4) is 0 Å². The Balaban J connectivity index is 1.27. The number of piperazine rings is 1. The topological polar surface area (TPSA) is 73.4 Å². The van der Waals surface area contributed by atoms with Crippen molar-refractivity contribution in [1.29, 1.82) is 0 Å². The van der Waals surface area contributed by atoms with Crippen molar-refractivity contribution in [2.24, 2.45) is 0 Å². The minimum atomic E-state index is 0.759. The average molecular weight is 365 g/mol. The lowest BCUT2D eigenvalue weighted by Gasteiger charge is -2.35. The number of benzene rings is 1. The third-order valence-corrected chi connectivity index (χ3v) is 5.25. The molecule has 2 fully saturated rings. The fraction of sp³-hybridized carbons (Fsp3) is 0.421. The van der Waals surface area contributed by atoms with Gasteiger partial charge in [-0.25, -0.2) is 15.0 Å². The second-order valence-electron chi connectivity index (χ2n) is 6.89. The predicted octanol–water partition coefficient (Wildman–Crippen LogP) is 1.52. The number of aromatic amines is 1. The number of imidazole rings is 1. The number of H-pyrrole nitrogens is 1. The Morgan fingerprint density at radius 3 is 2.22 bits per heavy atom. The summed E-state index contributed by atoms with van der Waals surface area (Å²) in [6, 6.07) is 10.3. The quantitative estimate of drug-likeness (QED) is 0.754. The number of para-hydroxylation sites is 2. The number of ether oxygens (including phenoxy) is 1. The first kappa shape index (κ1) is 16.3. The molecule has 2 saturated heterocycles. The molecule has 8 heteroatoms. The molecule has 0 saturated carbocycles. The molecular weight excluding hydrogens is 342 g/mol. The van der Waals surface area contributed by atoms with Crippen molar-refractivity contribution >= 4 is 28.6 Å². The summed E-state index contributed by atoms with van der Waals surface area (Å²) in [6.07, 6.45) is 1.67. The van der Waals surface area contributed by atoms with E-state index in [1.807, 2.05) is 18.2 Å². The summed E-state index contributed by atoms with van der Waals surface area (Å²) in [4.78, 5) is 24.0. The van der Waals surface area contributed by atoms with Crippen LogP contribution in [0, 0.1) is 0 Å². The van der Waals surface area contributed by atoms with Crippen molar-refractivity contribution in [3.8, 4) is 0 Å². The molecule has 2 aromatic heterocycles. The second-order valence-corrected chi connectivity index (χ2v) is 6.89. The molecule has 8 nitrogen and oxygen atoms in total. The van der Waals surface area contributed by atoms with Crippen LogP contribution in [0.5, 0.6) is 0 Å². The summed E-state index contributed by atoms with van der Waals surface area (Å²) in [7, 11) is 0. The van der Waals surface area contributed by atoms with Gasteiger partial charge in [-0.15, -0.1) is 0 Å². The van der Waals surface area contributed by atoms with E-state index in [1.165, 1.54) is 0 Å². The lowest BCUT2D eigenvalue weighted by atomic mass is 10.3. The lowest BCUT2D eigenvalue weighted by Crippen LogP contribution is -2.47. The van der Waals surface area contributed by atoms with Crippen molar-refractivity contribution in [2.75, 3.05) is 67.2 Å². The van der Waals surface area contributed by atoms with Crippen LogP contribution < -0.4 is 14.7 Å². The highest BCUT2D eigenvalue weighted by Gasteiger charge is 2.22. The number of nitrogens with one attached hydrogen (secondary N) is 1. The van der Waals surface area contributed by atoms with Crippen LogP contribution in [0.1, 0.15) is 0 Å². The Hall–Kier alpha value is -2.87. The molecule has 3 aromatic rings. The normalized spacial score (nSPS) is 18.3. The summed E-state index contributed by atoms with van der Waals surface area (Å²) in [5.74, 6) is 2.94. The van der Waals surface area contributed by atoms with Crippen LogP contribution >= 0.6 is 0 Å². The molecule has 0 amide bonds. The van der Waals surface area contributed by atoms with E-state index in [4.69, 9.17) is 9.72 Å². The monoisotopic (exact) mass is 365 g/mol. The molecular formula is C19H23N7O. The Bertz CT molecular complexity index is 880. The van der Waals surface area contributed by atoms with Gasteiger partial charge in [0.1, 0.15) is 18.0 Å². The van der Waals surface area contributed by atoms with Gasteiger partial charge in [0.05, 0.1) is 24.2 Å². The number of aromatic nitrogens is 4. The van der Waals surface area contributed by atoms with Gasteiger partial charge in [-0.1, -0.05) is 12.1 Å². The Labute approximate surface area is 157 Å². The lowest BCUT2D eigenvalue weighted by molar-refractivity contribution is 0.122. The van der Waals surface area contributed by atoms with Crippen molar-refractivity contribution in [2.45, 2.75) is 0 Å². The molecule has 0 atom stereocenters. The molecule has 27 heavy (non-hydrogen) atoms. The van der Waals surface area contributed by atoms with E-state index in [0.29, 0.717) is 0 Å². The van der Waals surface area contributed by atoms with E-state index in [2.05, 4.69) is 41.8 Å². The SMILES string of the molecule is c1ccc2[nH]c(N3CCN(c4cc(N5CCOCC5)ncn4)CC3)nc2c1. The standard InChI is InChI=1S/C19H23N7O/c1-2-4-16-15(3-1)22-19(23-16)26-7-5-24(6-8-26)17-13-18(21-14-20-17)25-9-11-27-12-10-25/h1-4,13-14H,5-12H2,(H,22,23). The van der Waals surface area contributed by atoms with Crippen LogP contribution in [0.2, 0.25) is 0 Å². The van der Waals surface area contributed by atoms with Crippen LogP contribution in [0.4, 0.5) is 17.6 Å². The number of nitrogens with zero attached hydrogens (tertiary/aromatic N) is 6. The highest BCUT2D eigenvalue weighted by molar-refractivity contribution is 5.77. The number of hydrogen-bond acceptors (Lipinski definition) is 7.